The minimum absolute atomic E-state index is 0. The summed E-state index contributed by atoms with van der Waals surface area (Å²) in [4.78, 5) is 0. The van der Waals surface area contributed by atoms with Crippen molar-refractivity contribution >= 4 is 8.24 Å². The molecule has 1 saturated carbocycles. The molecule has 0 saturated heterocycles. The summed E-state index contributed by atoms with van der Waals surface area (Å²) in [6.07, 6.45) is 11.3. The van der Waals surface area contributed by atoms with Crippen molar-refractivity contribution in [1.29, 1.82) is 0 Å². The monoisotopic (exact) mass is 367 g/mol. The third-order valence-electron chi connectivity index (χ3n) is 3.14. The molecule has 17 heavy (non-hydrogen) atoms. The van der Waals surface area contributed by atoms with E-state index in [2.05, 4.69) is 40.8 Å². The predicted octanol–water partition coefficient (Wildman–Crippen LogP) is -2.50. The van der Waals surface area contributed by atoms with E-state index in [1.807, 2.05) is 0 Å². The molecule has 1 N–H and O–H groups in total. The van der Waals surface area contributed by atoms with Crippen molar-refractivity contribution in [3.05, 3.63) is 23.8 Å². The van der Waals surface area contributed by atoms with Gasteiger partial charge in [0, 0.05) is 0 Å². The van der Waals surface area contributed by atoms with E-state index in [0.717, 1.165) is 9.54 Å². The zero-order chi connectivity index (χ0) is 10.9. The number of allylic oxidation sites excluding steroid dienone is 4. The van der Waals surface area contributed by atoms with E-state index < -0.39 is 8.24 Å². The van der Waals surface area contributed by atoms with Crippen molar-refractivity contribution in [2.45, 2.75) is 42.5 Å². The third kappa shape index (κ3) is 5.32. The minimum Gasteiger partial charge on any atom is -1.00 e. The minimum atomic E-state index is -1.00. The molecule has 1 fully saturated rings. The number of halogens is 2. The maximum Gasteiger partial charge on any atom is -1.00 e. The molecule has 0 bridgehead atoms. The molecule has 0 aliphatic heterocycles. The first-order valence-electron chi connectivity index (χ1n) is 5.95. The molecule has 96 valence electrons. The van der Waals surface area contributed by atoms with Gasteiger partial charge in [-0.2, -0.15) is 0 Å². The van der Waals surface area contributed by atoms with Crippen LogP contribution in [0.3, 0.4) is 0 Å². The molecule has 5 heteroatoms. The van der Waals surface area contributed by atoms with Gasteiger partial charge >= 0.3 is 107 Å². The first-order valence-corrected chi connectivity index (χ1v) is 12.1. The molecule has 0 amide bonds. The molecule has 0 spiro atoms. The summed E-state index contributed by atoms with van der Waals surface area (Å²) < 4.78 is 4.94. The van der Waals surface area contributed by atoms with E-state index in [9.17, 15) is 0 Å². The van der Waals surface area contributed by atoms with Gasteiger partial charge in [0.15, 0.2) is 0 Å². The number of fused-ring (bicyclic) bond motifs is 1. The van der Waals surface area contributed by atoms with Gasteiger partial charge < -0.3 is 24.8 Å². The Morgan fingerprint density at radius 1 is 1.24 bits per heavy atom. The van der Waals surface area contributed by atoms with Crippen LogP contribution in [0.25, 0.3) is 0 Å². The van der Waals surface area contributed by atoms with Crippen molar-refractivity contribution in [1.82, 2.24) is 2.93 Å². The maximum absolute atomic E-state index is 3.94. The van der Waals surface area contributed by atoms with Gasteiger partial charge in [-0.25, -0.2) is 0 Å². The van der Waals surface area contributed by atoms with E-state index in [0.29, 0.717) is 0 Å². The van der Waals surface area contributed by atoms with E-state index in [1.165, 1.54) is 19.3 Å². The molecule has 0 aromatic rings. The second-order valence-electron chi connectivity index (χ2n) is 5.68. The molecule has 0 aromatic heterocycles. The molecule has 0 aromatic carbocycles. The quantitative estimate of drug-likeness (QED) is 0.543. The van der Waals surface area contributed by atoms with Crippen LogP contribution in [0.15, 0.2) is 23.8 Å². The molecule has 2 atom stereocenters. The van der Waals surface area contributed by atoms with Crippen molar-refractivity contribution in [3.63, 3.8) is 0 Å². The van der Waals surface area contributed by atoms with Crippen LogP contribution in [-0.4, -0.2) is 8.24 Å². The average Bonchev–Trinajstić information content (AvgIpc) is 2.57. The molecule has 2 rings (SSSR count). The van der Waals surface area contributed by atoms with Gasteiger partial charge in [-0.05, 0) is 0 Å². The zero-order valence-corrected chi connectivity index (χ0v) is 15.7. The largest absolute Gasteiger partial charge is 1.00 e. The molecule has 2 unspecified atom stereocenters. The zero-order valence-electron chi connectivity index (χ0n) is 10.8. The first kappa shape index (κ1) is 18.1. The summed E-state index contributed by atoms with van der Waals surface area (Å²) in [5.74, 6) is 0.921. The van der Waals surface area contributed by atoms with Gasteiger partial charge in [-0.1, -0.05) is 0 Å². The molecule has 2 aliphatic rings. The van der Waals surface area contributed by atoms with Crippen molar-refractivity contribution in [3.8, 4) is 0 Å². The molecular formula is C12H21Cl2NSiZr. The Kier molecular flexibility index (Phi) is 8.15. The van der Waals surface area contributed by atoms with Crippen molar-refractivity contribution < 1.29 is 48.3 Å². The van der Waals surface area contributed by atoms with Crippen molar-refractivity contribution in [2.75, 3.05) is 0 Å². The number of hydrogen-bond acceptors (Lipinski definition) is 1. The summed E-state index contributed by atoms with van der Waals surface area (Å²) in [6.45, 7) is 7.28. The van der Waals surface area contributed by atoms with Gasteiger partial charge in [0.05, 0.1) is 0 Å². The number of nitrogens with one attached hydrogen (secondary N) is 1. The van der Waals surface area contributed by atoms with Crippen LogP contribution in [0, 0.1) is 5.92 Å². The van der Waals surface area contributed by atoms with Crippen LogP contribution < -0.4 is 27.7 Å². The Hall–Kier alpha value is 1.12. The van der Waals surface area contributed by atoms with E-state index in [1.54, 1.807) is 5.57 Å². The summed E-state index contributed by atoms with van der Waals surface area (Å²) in [7, 11) is -1.00. The van der Waals surface area contributed by atoms with Crippen LogP contribution in [0.1, 0.15) is 19.3 Å². The second-order valence-corrected chi connectivity index (χ2v) is 14.7. The van der Waals surface area contributed by atoms with Crippen LogP contribution in [0.2, 0.25) is 23.3 Å². The summed E-state index contributed by atoms with van der Waals surface area (Å²) >= 11 is -0.361. The Morgan fingerprint density at radius 2 is 1.94 bits per heavy atom. The van der Waals surface area contributed by atoms with Crippen LogP contribution in [-0.2, 0) is 23.5 Å². The van der Waals surface area contributed by atoms with E-state index in [-0.39, 0.29) is 48.3 Å². The van der Waals surface area contributed by atoms with Gasteiger partial charge in [0.2, 0.25) is 0 Å². The molecule has 0 radical (unpaired) electrons. The smallest absolute Gasteiger partial charge is 1.00 e. The Bertz CT molecular complexity index is 299. The van der Waals surface area contributed by atoms with Crippen LogP contribution in [0.4, 0.5) is 0 Å². The first-order chi connectivity index (χ1) is 7.06. The predicted molar refractivity (Wildman–Crippen MR) is 64.8 cm³/mol. The fourth-order valence-corrected chi connectivity index (χ4v) is 9.45. The number of hydrogen-bond donors (Lipinski definition) is 1. The summed E-state index contributed by atoms with van der Waals surface area (Å²) in [5.41, 5.74) is 1.80. The Balaban J connectivity index is 0.00000128. The topological polar surface area (TPSA) is 12.0 Å². The standard InChI is InChI=1S/C9H11.C3H10NSi.2ClH.Zr/c1-2-5-9-7-3-6-8(9)4-1;1-5(2,3)4;;;/h1-2,4,6,9H,3,5,7H2;4H,1-3H3;2*1H;/q;-1;;;+3/p-2. The molecule has 0 heterocycles. The van der Waals surface area contributed by atoms with E-state index >= 15 is 0 Å². The van der Waals surface area contributed by atoms with Gasteiger partial charge in [-0.3, -0.25) is 0 Å². The van der Waals surface area contributed by atoms with Gasteiger partial charge in [0.1, 0.15) is 0 Å². The summed E-state index contributed by atoms with van der Waals surface area (Å²) in [6, 6.07) is 0. The molecular weight excluding hydrogens is 348 g/mol. The van der Waals surface area contributed by atoms with Crippen molar-refractivity contribution in [2.24, 2.45) is 5.92 Å². The van der Waals surface area contributed by atoms with E-state index in [4.69, 9.17) is 0 Å². The SMILES string of the molecule is C[Si](C)(C)[NH][Zr+2][CH]1CCC2CC=CC=C21.[Cl-].[Cl-]. The van der Waals surface area contributed by atoms with Crippen LogP contribution in [0.5, 0.6) is 0 Å². The van der Waals surface area contributed by atoms with Crippen LogP contribution >= 0.6 is 0 Å². The molecule has 2 aliphatic carbocycles. The van der Waals surface area contributed by atoms with Gasteiger partial charge in [-0.15, -0.1) is 0 Å². The Labute approximate surface area is 131 Å². The average molecular weight is 370 g/mol. The fraction of sp³-hybridized carbons (Fsp3) is 0.667. The maximum atomic E-state index is 3.94. The normalized spacial score (nSPS) is 26.2. The second kappa shape index (κ2) is 7.65. The Morgan fingerprint density at radius 3 is 2.59 bits per heavy atom. The summed E-state index contributed by atoms with van der Waals surface area (Å²) in [5, 5.41) is 0. The third-order valence-corrected chi connectivity index (χ3v) is 13.0. The number of rotatable bonds is 3. The fourth-order valence-electron chi connectivity index (χ4n) is 2.37. The van der Waals surface area contributed by atoms with Gasteiger partial charge in [0.25, 0.3) is 0 Å². The molecule has 1 nitrogen and oxygen atoms in total.